The highest BCUT2D eigenvalue weighted by atomic mass is 32.2. The highest BCUT2D eigenvalue weighted by molar-refractivity contribution is 7.91. The molecule has 1 unspecified atom stereocenters. The van der Waals surface area contributed by atoms with Crippen molar-refractivity contribution in [3.8, 4) is 11.5 Å². The lowest BCUT2D eigenvalue weighted by Crippen LogP contribution is -2.36. The van der Waals surface area contributed by atoms with E-state index < -0.39 is 33.6 Å². The molecule has 2 aromatic carbocycles. The van der Waals surface area contributed by atoms with Gasteiger partial charge in [0.15, 0.2) is 15.6 Å². The van der Waals surface area contributed by atoms with E-state index in [9.17, 15) is 13.5 Å². The van der Waals surface area contributed by atoms with Crippen LogP contribution in [0.1, 0.15) is 13.8 Å². The van der Waals surface area contributed by atoms with E-state index in [1.807, 2.05) is 30.3 Å². The number of ether oxygens (including phenoxy) is 3. The SMILES string of the molecule is CC1(C)OC[C@H](C(O)CS(=O)(=O)c2ccc(Oc3ccccc3)cc2)O1. The Kier molecular flexibility index (Phi) is 5.34. The van der Waals surface area contributed by atoms with Gasteiger partial charge in [-0.05, 0) is 50.2 Å². The molecule has 0 aliphatic carbocycles. The zero-order valence-corrected chi connectivity index (χ0v) is 15.5. The number of hydrogen-bond donors (Lipinski definition) is 1. The third-order valence-electron chi connectivity index (χ3n) is 4.01. The average molecular weight is 378 g/mol. The smallest absolute Gasteiger partial charge is 0.181 e. The molecule has 0 saturated carbocycles. The zero-order valence-electron chi connectivity index (χ0n) is 14.7. The molecular formula is C19H22O6S. The van der Waals surface area contributed by atoms with Crippen LogP contribution in [-0.2, 0) is 19.3 Å². The van der Waals surface area contributed by atoms with E-state index in [1.165, 1.54) is 12.1 Å². The van der Waals surface area contributed by atoms with Gasteiger partial charge in [0.1, 0.15) is 17.6 Å². The van der Waals surface area contributed by atoms with Crippen LogP contribution >= 0.6 is 0 Å². The summed E-state index contributed by atoms with van der Waals surface area (Å²) in [6.45, 7) is 3.60. The molecule has 0 amide bonds. The second-order valence-electron chi connectivity index (χ2n) is 6.60. The van der Waals surface area contributed by atoms with Gasteiger partial charge in [-0.25, -0.2) is 8.42 Å². The van der Waals surface area contributed by atoms with Gasteiger partial charge in [0.2, 0.25) is 0 Å². The summed E-state index contributed by atoms with van der Waals surface area (Å²) in [7, 11) is -3.66. The fourth-order valence-electron chi connectivity index (χ4n) is 2.67. The van der Waals surface area contributed by atoms with Crippen molar-refractivity contribution in [3.05, 3.63) is 54.6 Å². The number of para-hydroxylation sites is 1. The summed E-state index contributed by atoms with van der Waals surface area (Å²) in [5.74, 6) is -0.0496. The molecule has 0 bridgehead atoms. The molecule has 1 saturated heterocycles. The molecule has 1 fully saturated rings. The Morgan fingerprint density at radius 2 is 1.73 bits per heavy atom. The lowest BCUT2D eigenvalue weighted by Gasteiger charge is -2.20. The minimum Gasteiger partial charge on any atom is -0.457 e. The normalized spacial score (nSPS) is 20.7. The summed E-state index contributed by atoms with van der Waals surface area (Å²) in [6, 6.07) is 15.3. The van der Waals surface area contributed by atoms with Gasteiger partial charge in [-0.3, -0.25) is 0 Å². The van der Waals surface area contributed by atoms with Crippen molar-refractivity contribution in [1.82, 2.24) is 0 Å². The van der Waals surface area contributed by atoms with Crippen molar-refractivity contribution in [3.63, 3.8) is 0 Å². The van der Waals surface area contributed by atoms with Crippen LogP contribution in [-0.4, -0.2) is 43.9 Å². The summed E-state index contributed by atoms with van der Waals surface area (Å²) >= 11 is 0. The number of benzene rings is 2. The van der Waals surface area contributed by atoms with Crippen molar-refractivity contribution in [2.75, 3.05) is 12.4 Å². The number of aliphatic hydroxyl groups is 1. The lowest BCUT2D eigenvalue weighted by atomic mass is 10.2. The highest BCUT2D eigenvalue weighted by Crippen LogP contribution is 2.27. The van der Waals surface area contributed by atoms with Gasteiger partial charge in [-0.2, -0.15) is 0 Å². The summed E-state index contributed by atoms with van der Waals surface area (Å²) < 4.78 is 41.6. The number of rotatable bonds is 6. The fraction of sp³-hybridized carbons (Fsp3) is 0.368. The van der Waals surface area contributed by atoms with Crippen molar-refractivity contribution >= 4 is 9.84 Å². The van der Waals surface area contributed by atoms with Crippen molar-refractivity contribution in [1.29, 1.82) is 0 Å². The van der Waals surface area contributed by atoms with Crippen molar-refractivity contribution in [2.45, 2.75) is 36.7 Å². The van der Waals surface area contributed by atoms with Gasteiger partial charge in [0.25, 0.3) is 0 Å². The van der Waals surface area contributed by atoms with Crippen molar-refractivity contribution in [2.24, 2.45) is 0 Å². The van der Waals surface area contributed by atoms with Gasteiger partial charge in [-0.1, -0.05) is 18.2 Å². The van der Waals surface area contributed by atoms with Crippen LogP contribution in [0, 0.1) is 0 Å². The Balaban J connectivity index is 1.65. The third kappa shape index (κ3) is 4.62. The van der Waals surface area contributed by atoms with Crippen LogP contribution in [0.4, 0.5) is 0 Å². The first-order valence-electron chi connectivity index (χ1n) is 8.31. The summed E-state index contributed by atoms with van der Waals surface area (Å²) in [5.41, 5.74) is 0. The molecule has 1 aliphatic heterocycles. The predicted molar refractivity (Wildman–Crippen MR) is 95.9 cm³/mol. The summed E-state index contributed by atoms with van der Waals surface area (Å²) in [5, 5.41) is 10.2. The molecule has 1 heterocycles. The Hall–Kier alpha value is -1.93. The molecule has 6 nitrogen and oxygen atoms in total. The van der Waals surface area contributed by atoms with E-state index in [-0.39, 0.29) is 11.5 Å². The molecule has 7 heteroatoms. The Bertz CT molecular complexity index is 830. The van der Waals surface area contributed by atoms with Crippen molar-refractivity contribution < 1.29 is 27.7 Å². The van der Waals surface area contributed by atoms with E-state index in [2.05, 4.69) is 0 Å². The first-order chi connectivity index (χ1) is 12.3. The summed E-state index contributed by atoms with van der Waals surface area (Å²) in [6.07, 6.45) is -1.83. The quantitative estimate of drug-likeness (QED) is 0.832. The molecule has 1 aliphatic rings. The first-order valence-corrected chi connectivity index (χ1v) is 9.96. The molecule has 2 aromatic rings. The van der Waals surface area contributed by atoms with Gasteiger partial charge >= 0.3 is 0 Å². The van der Waals surface area contributed by atoms with Gasteiger partial charge in [-0.15, -0.1) is 0 Å². The maximum Gasteiger partial charge on any atom is 0.181 e. The van der Waals surface area contributed by atoms with E-state index in [0.717, 1.165) is 0 Å². The Labute approximate surface area is 153 Å². The fourth-order valence-corrected chi connectivity index (χ4v) is 4.08. The third-order valence-corrected chi connectivity index (χ3v) is 5.78. The number of aliphatic hydroxyl groups excluding tert-OH is 1. The van der Waals surface area contributed by atoms with Crippen LogP contribution in [0.5, 0.6) is 11.5 Å². The van der Waals surface area contributed by atoms with Crippen LogP contribution in [0.3, 0.4) is 0 Å². The summed E-state index contributed by atoms with van der Waals surface area (Å²) in [4.78, 5) is 0.120. The maximum absolute atomic E-state index is 12.5. The van der Waals surface area contributed by atoms with Crippen LogP contribution in [0.25, 0.3) is 0 Å². The minimum atomic E-state index is -3.66. The zero-order chi connectivity index (χ0) is 18.8. The molecule has 0 spiro atoms. The molecule has 0 aromatic heterocycles. The molecule has 0 radical (unpaired) electrons. The minimum absolute atomic E-state index is 0.120. The predicted octanol–water partition coefficient (Wildman–Crippen LogP) is 2.77. The average Bonchev–Trinajstić information content (AvgIpc) is 2.96. The molecule has 26 heavy (non-hydrogen) atoms. The molecule has 1 N–H and O–H groups in total. The number of hydrogen-bond acceptors (Lipinski definition) is 6. The van der Waals surface area contributed by atoms with E-state index in [1.54, 1.807) is 26.0 Å². The largest absolute Gasteiger partial charge is 0.457 e. The topological polar surface area (TPSA) is 82.1 Å². The van der Waals surface area contributed by atoms with E-state index >= 15 is 0 Å². The van der Waals surface area contributed by atoms with Gasteiger partial charge in [0, 0.05) is 0 Å². The molecule has 3 rings (SSSR count). The second-order valence-corrected chi connectivity index (χ2v) is 8.64. The van der Waals surface area contributed by atoms with Crippen LogP contribution in [0.2, 0.25) is 0 Å². The van der Waals surface area contributed by atoms with E-state index in [0.29, 0.717) is 11.5 Å². The standard InChI is InChI=1S/C19H22O6S/c1-19(2)23-12-18(25-19)17(20)13-26(21,22)16-10-8-15(9-11-16)24-14-6-4-3-5-7-14/h3-11,17-18,20H,12-13H2,1-2H3/t17?,18-/m1/s1. The highest BCUT2D eigenvalue weighted by Gasteiger charge is 2.38. The van der Waals surface area contributed by atoms with Gasteiger partial charge < -0.3 is 19.3 Å². The number of sulfone groups is 1. The molecular weight excluding hydrogens is 356 g/mol. The monoisotopic (exact) mass is 378 g/mol. The molecule has 140 valence electrons. The van der Waals surface area contributed by atoms with Crippen LogP contribution in [0.15, 0.2) is 59.5 Å². The lowest BCUT2D eigenvalue weighted by molar-refractivity contribution is -0.149. The van der Waals surface area contributed by atoms with Crippen LogP contribution < -0.4 is 4.74 Å². The van der Waals surface area contributed by atoms with E-state index in [4.69, 9.17) is 14.2 Å². The maximum atomic E-state index is 12.5. The Morgan fingerprint density at radius 3 is 2.31 bits per heavy atom. The first kappa shape index (κ1) is 18.8. The second kappa shape index (κ2) is 7.36. The van der Waals surface area contributed by atoms with Gasteiger partial charge in [0.05, 0.1) is 23.4 Å². The molecule has 2 atom stereocenters. The Morgan fingerprint density at radius 1 is 1.12 bits per heavy atom.